The fourth-order valence-electron chi connectivity index (χ4n) is 2.66. The average Bonchev–Trinajstić information content (AvgIpc) is 2.74. The summed E-state index contributed by atoms with van der Waals surface area (Å²) in [4.78, 5) is 25.1. The van der Waals surface area contributed by atoms with Crippen LogP contribution in [0.4, 0.5) is 11.4 Å². The van der Waals surface area contributed by atoms with Gasteiger partial charge in [-0.2, -0.15) is 0 Å². The van der Waals surface area contributed by atoms with Crippen molar-refractivity contribution in [2.75, 3.05) is 24.9 Å². The number of benzene rings is 3. The molecule has 0 saturated heterocycles. The lowest BCUT2D eigenvalue weighted by atomic mass is 10.1. The predicted octanol–water partition coefficient (Wildman–Crippen LogP) is 4.97. The maximum absolute atomic E-state index is 12.6. The summed E-state index contributed by atoms with van der Waals surface area (Å²) in [7, 11) is 3.07. The molecule has 0 aliphatic heterocycles. The molecule has 0 aliphatic carbocycles. The number of methoxy groups -OCH3 is 2. The molecular formula is C22H19BrN2O4. The van der Waals surface area contributed by atoms with Crippen molar-refractivity contribution in [1.82, 2.24) is 0 Å². The van der Waals surface area contributed by atoms with Gasteiger partial charge in [-0.25, -0.2) is 0 Å². The Morgan fingerprint density at radius 1 is 0.828 bits per heavy atom. The van der Waals surface area contributed by atoms with Gasteiger partial charge in [-0.3, -0.25) is 9.59 Å². The van der Waals surface area contributed by atoms with Gasteiger partial charge in [0.2, 0.25) is 0 Å². The van der Waals surface area contributed by atoms with Gasteiger partial charge >= 0.3 is 0 Å². The standard InChI is InChI=1S/C22H19BrN2O4/c1-28-16-10-7-14(8-11-16)21(26)25-19-13-15(9-12-20(19)29-2)24-22(27)17-5-3-4-6-18(17)23/h3-13H,1-2H3,(H,24,27)(H,25,26). The molecule has 0 saturated carbocycles. The highest BCUT2D eigenvalue weighted by atomic mass is 79.9. The third-order valence-corrected chi connectivity index (χ3v) is 4.87. The summed E-state index contributed by atoms with van der Waals surface area (Å²) in [5.41, 5.74) is 1.94. The number of anilines is 2. The van der Waals surface area contributed by atoms with Gasteiger partial charge in [0, 0.05) is 15.7 Å². The molecule has 6 nitrogen and oxygen atoms in total. The van der Waals surface area contributed by atoms with Crippen LogP contribution in [0.1, 0.15) is 20.7 Å². The van der Waals surface area contributed by atoms with E-state index >= 15 is 0 Å². The Kier molecular flexibility index (Phi) is 6.51. The van der Waals surface area contributed by atoms with Gasteiger partial charge in [-0.05, 0) is 70.5 Å². The molecule has 3 rings (SSSR count). The Hall–Kier alpha value is -3.32. The summed E-state index contributed by atoms with van der Waals surface area (Å²) in [6.07, 6.45) is 0. The predicted molar refractivity (Wildman–Crippen MR) is 116 cm³/mol. The van der Waals surface area contributed by atoms with E-state index in [1.807, 2.05) is 6.07 Å². The van der Waals surface area contributed by atoms with Gasteiger partial charge in [-0.15, -0.1) is 0 Å². The summed E-state index contributed by atoms with van der Waals surface area (Å²) < 4.78 is 11.1. The second-order valence-corrected chi connectivity index (χ2v) is 6.89. The van der Waals surface area contributed by atoms with Gasteiger partial charge < -0.3 is 20.1 Å². The number of halogens is 1. The van der Waals surface area contributed by atoms with Crippen LogP contribution in [0.15, 0.2) is 71.2 Å². The molecule has 0 aliphatic rings. The lowest BCUT2D eigenvalue weighted by molar-refractivity contribution is 0.101. The first-order chi connectivity index (χ1) is 14.0. The third-order valence-electron chi connectivity index (χ3n) is 4.18. The van der Waals surface area contributed by atoms with Gasteiger partial charge in [0.1, 0.15) is 11.5 Å². The highest BCUT2D eigenvalue weighted by molar-refractivity contribution is 9.10. The molecule has 7 heteroatoms. The Bertz CT molecular complexity index is 1040. The third kappa shape index (κ3) is 4.94. The molecule has 148 valence electrons. The van der Waals surface area contributed by atoms with Crippen LogP contribution in [-0.2, 0) is 0 Å². The zero-order chi connectivity index (χ0) is 20.8. The maximum atomic E-state index is 12.6. The van der Waals surface area contributed by atoms with E-state index in [-0.39, 0.29) is 11.8 Å². The van der Waals surface area contributed by atoms with Crippen molar-refractivity contribution in [2.45, 2.75) is 0 Å². The van der Waals surface area contributed by atoms with Crippen molar-refractivity contribution in [3.8, 4) is 11.5 Å². The van der Waals surface area contributed by atoms with Crippen LogP contribution >= 0.6 is 15.9 Å². The van der Waals surface area contributed by atoms with Crippen LogP contribution in [0, 0.1) is 0 Å². The quantitative estimate of drug-likeness (QED) is 0.550. The number of carbonyl (C=O) groups excluding carboxylic acids is 2. The molecule has 2 N–H and O–H groups in total. The monoisotopic (exact) mass is 454 g/mol. The number of hydrogen-bond donors (Lipinski definition) is 2. The van der Waals surface area contributed by atoms with Crippen molar-refractivity contribution < 1.29 is 19.1 Å². The first-order valence-electron chi connectivity index (χ1n) is 8.71. The van der Waals surface area contributed by atoms with Crippen molar-refractivity contribution >= 4 is 39.1 Å². The number of amides is 2. The Balaban J connectivity index is 1.80. The van der Waals surface area contributed by atoms with E-state index in [1.54, 1.807) is 67.8 Å². The molecule has 2 amide bonds. The van der Waals surface area contributed by atoms with Crippen molar-refractivity contribution in [2.24, 2.45) is 0 Å². The molecule has 0 fully saturated rings. The number of ether oxygens (including phenoxy) is 2. The summed E-state index contributed by atoms with van der Waals surface area (Å²) >= 11 is 3.37. The fourth-order valence-corrected chi connectivity index (χ4v) is 3.13. The molecule has 3 aromatic carbocycles. The van der Waals surface area contributed by atoms with Gasteiger partial charge in [0.25, 0.3) is 11.8 Å². The topological polar surface area (TPSA) is 76.7 Å². The molecule has 3 aromatic rings. The van der Waals surface area contributed by atoms with Crippen molar-refractivity contribution in [3.63, 3.8) is 0 Å². The fraction of sp³-hybridized carbons (Fsp3) is 0.0909. The largest absolute Gasteiger partial charge is 0.497 e. The van der Waals surface area contributed by atoms with Crippen LogP contribution in [-0.4, -0.2) is 26.0 Å². The lowest BCUT2D eigenvalue weighted by Crippen LogP contribution is -2.15. The number of rotatable bonds is 6. The molecule has 0 bridgehead atoms. The van der Waals surface area contributed by atoms with Crippen LogP contribution in [0.25, 0.3) is 0 Å². The first-order valence-corrected chi connectivity index (χ1v) is 9.50. The van der Waals surface area contributed by atoms with Crippen LogP contribution in [0.3, 0.4) is 0 Å². The molecular weight excluding hydrogens is 436 g/mol. The summed E-state index contributed by atoms with van der Waals surface area (Å²) in [5, 5.41) is 5.64. The van der Waals surface area contributed by atoms with Crippen LogP contribution in [0.5, 0.6) is 11.5 Å². The second-order valence-electron chi connectivity index (χ2n) is 6.03. The second kappa shape index (κ2) is 9.25. The molecule has 0 spiro atoms. The summed E-state index contributed by atoms with van der Waals surface area (Å²) in [5.74, 6) is 0.567. The van der Waals surface area contributed by atoms with Crippen LogP contribution < -0.4 is 20.1 Å². The SMILES string of the molecule is COc1ccc(C(=O)Nc2cc(NC(=O)c3ccccc3Br)ccc2OC)cc1. The lowest BCUT2D eigenvalue weighted by Gasteiger charge is -2.13. The molecule has 29 heavy (non-hydrogen) atoms. The maximum Gasteiger partial charge on any atom is 0.256 e. The van der Waals surface area contributed by atoms with E-state index in [4.69, 9.17) is 9.47 Å². The molecule has 0 aromatic heterocycles. The zero-order valence-electron chi connectivity index (χ0n) is 15.9. The van der Waals surface area contributed by atoms with E-state index in [9.17, 15) is 9.59 Å². The minimum absolute atomic E-state index is 0.268. The Labute approximate surface area is 177 Å². The zero-order valence-corrected chi connectivity index (χ0v) is 17.4. The first kappa shape index (κ1) is 20.4. The highest BCUT2D eigenvalue weighted by Gasteiger charge is 2.14. The smallest absolute Gasteiger partial charge is 0.256 e. The minimum atomic E-state index is -0.305. The van der Waals surface area contributed by atoms with Gasteiger partial charge in [-0.1, -0.05) is 12.1 Å². The minimum Gasteiger partial charge on any atom is -0.497 e. The van der Waals surface area contributed by atoms with E-state index in [2.05, 4.69) is 26.6 Å². The highest BCUT2D eigenvalue weighted by Crippen LogP contribution is 2.29. The molecule has 0 unspecified atom stereocenters. The van der Waals surface area contributed by atoms with E-state index in [1.165, 1.54) is 7.11 Å². The van der Waals surface area contributed by atoms with Gasteiger partial charge in [0.05, 0.1) is 25.5 Å². The Morgan fingerprint density at radius 2 is 1.55 bits per heavy atom. The summed E-state index contributed by atoms with van der Waals surface area (Å²) in [6, 6.07) is 18.9. The summed E-state index contributed by atoms with van der Waals surface area (Å²) in [6.45, 7) is 0. The van der Waals surface area contributed by atoms with Gasteiger partial charge in [0.15, 0.2) is 0 Å². The number of carbonyl (C=O) groups is 2. The molecule has 0 atom stereocenters. The van der Waals surface area contributed by atoms with E-state index in [0.29, 0.717) is 38.5 Å². The average molecular weight is 455 g/mol. The number of nitrogens with one attached hydrogen (secondary N) is 2. The van der Waals surface area contributed by atoms with E-state index < -0.39 is 0 Å². The molecule has 0 radical (unpaired) electrons. The normalized spacial score (nSPS) is 10.2. The number of hydrogen-bond acceptors (Lipinski definition) is 4. The van der Waals surface area contributed by atoms with Crippen molar-refractivity contribution in [1.29, 1.82) is 0 Å². The van der Waals surface area contributed by atoms with Crippen molar-refractivity contribution in [3.05, 3.63) is 82.3 Å². The Morgan fingerprint density at radius 3 is 2.21 bits per heavy atom. The van der Waals surface area contributed by atoms with E-state index in [0.717, 1.165) is 0 Å². The molecule has 0 heterocycles. The van der Waals surface area contributed by atoms with Crippen LogP contribution in [0.2, 0.25) is 0 Å².